The first-order chi connectivity index (χ1) is 7.83. The first-order valence-corrected chi connectivity index (χ1v) is 5.84. The van der Waals surface area contributed by atoms with E-state index in [9.17, 15) is 0 Å². The van der Waals surface area contributed by atoms with Crippen LogP contribution in [0.1, 0.15) is 32.8 Å². The SMILES string of the molecule is CC.CC/C=C\C=N/Nc1ccc(C)cc1. The summed E-state index contributed by atoms with van der Waals surface area (Å²) in [6.45, 7) is 8.16. The molecule has 0 atom stereocenters. The van der Waals surface area contributed by atoms with E-state index < -0.39 is 0 Å². The molecule has 1 rings (SSSR count). The van der Waals surface area contributed by atoms with Gasteiger partial charge in [-0.3, -0.25) is 5.43 Å². The van der Waals surface area contributed by atoms with Crippen LogP contribution < -0.4 is 5.43 Å². The molecule has 0 heterocycles. The van der Waals surface area contributed by atoms with Gasteiger partial charge in [-0.05, 0) is 31.6 Å². The lowest BCUT2D eigenvalue weighted by Gasteiger charge is -1.98. The van der Waals surface area contributed by atoms with Crippen molar-refractivity contribution in [3.05, 3.63) is 42.0 Å². The van der Waals surface area contributed by atoms with Crippen LogP contribution in [0.3, 0.4) is 0 Å². The lowest BCUT2D eigenvalue weighted by Crippen LogP contribution is -1.87. The minimum atomic E-state index is 1.01. The highest BCUT2D eigenvalue weighted by molar-refractivity contribution is 5.71. The molecular weight excluding hydrogens is 196 g/mol. The van der Waals surface area contributed by atoms with Gasteiger partial charge in [0.15, 0.2) is 0 Å². The zero-order valence-corrected chi connectivity index (χ0v) is 10.7. The number of hydrogen-bond acceptors (Lipinski definition) is 2. The van der Waals surface area contributed by atoms with Crippen molar-refractivity contribution in [3.63, 3.8) is 0 Å². The van der Waals surface area contributed by atoms with Gasteiger partial charge in [-0.2, -0.15) is 5.10 Å². The number of hydrazone groups is 1. The summed E-state index contributed by atoms with van der Waals surface area (Å²) >= 11 is 0. The Labute approximate surface area is 99.1 Å². The summed E-state index contributed by atoms with van der Waals surface area (Å²) < 4.78 is 0. The number of aryl methyl sites for hydroxylation is 1. The van der Waals surface area contributed by atoms with Crippen LogP contribution in [0.5, 0.6) is 0 Å². The second-order valence-corrected chi connectivity index (χ2v) is 3.09. The summed E-state index contributed by atoms with van der Waals surface area (Å²) in [6, 6.07) is 8.13. The number of nitrogens with one attached hydrogen (secondary N) is 1. The molecule has 2 heteroatoms. The van der Waals surface area contributed by atoms with Gasteiger partial charge in [0.25, 0.3) is 0 Å². The van der Waals surface area contributed by atoms with Gasteiger partial charge in [-0.15, -0.1) is 0 Å². The zero-order chi connectivity index (χ0) is 12.2. The van der Waals surface area contributed by atoms with Crippen molar-refractivity contribution in [2.45, 2.75) is 34.1 Å². The van der Waals surface area contributed by atoms with Crippen LogP contribution >= 0.6 is 0 Å². The maximum Gasteiger partial charge on any atom is 0.0561 e. The second-order valence-electron chi connectivity index (χ2n) is 3.09. The molecule has 88 valence electrons. The first-order valence-electron chi connectivity index (χ1n) is 5.84. The van der Waals surface area contributed by atoms with E-state index in [1.807, 2.05) is 32.1 Å². The third kappa shape index (κ3) is 6.82. The Kier molecular flexibility index (Phi) is 8.99. The lowest BCUT2D eigenvalue weighted by molar-refractivity contribution is 1.23. The molecule has 0 bridgehead atoms. The fraction of sp³-hybridized carbons (Fsp3) is 0.357. The number of rotatable bonds is 4. The van der Waals surface area contributed by atoms with Crippen LogP contribution in [-0.4, -0.2) is 6.21 Å². The molecule has 0 aliphatic carbocycles. The van der Waals surface area contributed by atoms with Gasteiger partial charge in [-0.1, -0.05) is 44.5 Å². The summed E-state index contributed by atoms with van der Waals surface area (Å²) in [5.41, 5.74) is 5.21. The molecule has 2 nitrogen and oxygen atoms in total. The normalized spacial score (nSPS) is 10.2. The number of benzene rings is 1. The van der Waals surface area contributed by atoms with Gasteiger partial charge in [0, 0.05) is 6.21 Å². The molecule has 0 unspecified atom stereocenters. The number of anilines is 1. The Bertz CT molecular complexity index is 310. The minimum Gasteiger partial charge on any atom is -0.279 e. The summed E-state index contributed by atoms with van der Waals surface area (Å²) in [4.78, 5) is 0. The third-order valence-corrected chi connectivity index (χ3v) is 1.78. The topological polar surface area (TPSA) is 24.4 Å². The summed E-state index contributed by atoms with van der Waals surface area (Å²) in [5.74, 6) is 0. The van der Waals surface area contributed by atoms with E-state index in [0.29, 0.717) is 0 Å². The van der Waals surface area contributed by atoms with Crippen LogP contribution in [0.25, 0.3) is 0 Å². The molecule has 0 radical (unpaired) electrons. The zero-order valence-electron chi connectivity index (χ0n) is 10.7. The van der Waals surface area contributed by atoms with Gasteiger partial charge in [0.05, 0.1) is 5.69 Å². The van der Waals surface area contributed by atoms with Crippen molar-refractivity contribution in [1.82, 2.24) is 0 Å². The lowest BCUT2D eigenvalue weighted by atomic mass is 10.2. The fourth-order valence-corrected chi connectivity index (χ4v) is 0.980. The molecule has 0 aliphatic heterocycles. The van der Waals surface area contributed by atoms with Crippen LogP contribution in [0.15, 0.2) is 41.5 Å². The molecule has 1 N–H and O–H groups in total. The fourth-order valence-electron chi connectivity index (χ4n) is 0.980. The maximum absolute atomic E-state index is 4.05. The monoisotopic (exact) mass is 218 g/mol. The highest BCUT2D eigenvalue weighted by atomic mass is 15.3. The summed E-state index contributed by atoms with van der Waals surface area (Å²) in [7, 11) is 0. The Morgan fingerprint density at radius 3 is 2.38 bits per heavy atom. The van der Waals surface area contributed by atoms with Gasteiger partial charge in [-0.25, -0.2) is 0 Å². The predicted octanol–water partition coefficient (Wildman–Crippen LogP) is 4.39. The molecule has 0 aromatic heterocycles. The Hall–Kier alpha value is -1.57. The molecule has 1 aromatic rings. The molecular formula is C14H22N2. The van der Waals surface area contributed by atoms with Gasteiger partial charge in [0.1, 0.15) is 0 Å². The second kappa shape index (κ2) is 9.97. The molecule has 16 heavy (non-hydrogen) atoms. The summed E-state index contributed by atoms with van der Waals surface area (Å²) in [6.07, 6.45) is 6.78. The van der Waals surface area contributed by atoms with Crippen molar-refractivity contribution in [3.8, 4) is 0 Å². The molecule has 0 saturated carbocycles. The maximum atomic E-state index is 4.05. The first kappa shape index (κ1) is 14.4. The molecule has 0 saturated heterocycles. The van der Waals surface area contributed by atoms with E-state index in [0.717, 1.165) is 12.1 Å². The molecule has 0 spiro atoms. The van der Waals surface area contributed by atoms with E-state index >= 15 is 0 Å². The summed E-state index contributed by atoms with van der Waals surface area (Å²) in [5, 5.41) is 4.05. The quantitative estimate of drug-likeness (QED) is 0.588. The van der Waals surface area contributed by atoms with Crippen LogP contribution in [0, 0.1) is 6.92 Å². The molecule has 0 aliphatic rings. The molecule has 0 amide bonds. The van der Waals surface area contributed by atoms with E-state index in [1.54, 1.807) is 6.21 Å². The number of nitrogens with zero attached hydrogens (tertiary/aromatic N) is 1. The van der Waals surface area contributed by atoms with Gasteiger partial charge < -0.3 is 0 Å². The highest BCUT2D eigenvalue weighted by Crippen LogP contribution is 2.07. The van der Waals surface area contributed by atoms with Crippen molar-refractivity contribution in [2.75, 3.05) is 5.43 Å². The van der Waals surface area contributed by atoms with E-state index in [-0.39, 0.29) is 0 Å². The van der Waals surface area contributed by atoms with Gasteiger partial charge in [0.2, 0.25) is 0 Å². The third-order valence-electron chi connectivity index (χ3n) is 1.78. The Morgan fingerprint density at radius 1 is 1.19 bits per heavy atom. The van der Waals surface area contributed by atoms with Crippen LogP contribution in [0.2, 0.25) is 0 Å². The van der Waals surface area contributed by atoms with Crippen LogP contribution in [0.4, 0.5) is 5.69 Å². The predicted molar refractivity (Wildman–Crippen MR) is 74.1 cm³/mol. The Balaban J connectivity index is 0.00000106. The van der Waals surface area contributed by atoms with Crippen molar-refractivity contribution >= 4 is 11.9 Å². The van der Waals surface area contributed by atoms with Gasteiger partial charge >= 0.3 is 0 Å². The average Bonchev–Trinajstić information content (AvgIpc) is 2.34. The Morgan fingerprint density at radius 2 is 1.81 bits per heavy atom. The van der Waals surface area contributed by atoms with Crippen molar-refractivity contribution < 1.29 is 0 Å². The molecule has 0 fully saturated rings. The van der Waals surface area contributed by atoms with Crippen molar-refractivity contribution in [2.24, 2.45) is 5.10 Å². The van der Waals surface area contributed by atoms with Crippen LogP contribution in [-0.2, 0) is 0 Å². The minimum absolute atomic E-state index is 1.01. The number of allylic oxidation sites excluding steroid dienone is 2. The largest absolute Gasteiger partial charge is 0.279 e. The standard InChI is InChI=1S/C12H16N2.C2H6/c1-3-4-5-10-13-14-12-8-6-11(2)7-9-12;1-2/h4-10,14H,3H2,1-2H3;1-2H3/b5-4-,13-10-;. The number of hydrogen-bond donors (Lipinski definition) is 1. The van der Waals surface area contributed by atoms with E-state index in [4.69, 9.17) is 0 Å². The highest BCUT2D eigenvalue weighted by Gasteiger charge is 1.86. The van der Waals surface area contributed by atoms with E-state index in [2.05, 4.69) is 42.6 Å². The van der Waals surface area contributed by atoms with E-state index in [1.165, 1.54) is 5.56 Å². The van der Waals surface area contributed by atoms with Crippen molar-refractivity contribution in [1.29, 1.82) is 0 Å². The smallest absolute Gasteiger partial charge is 0.0561 e. The average molecular weight is 218 g/mol. The molecule has 1 aromatic carbocycles.